The van der Waals surface area contributed by atoms with E-state index in [4.69, 9.17) is 4.74 Å². The highest BCUT2D eigenvalue weighted by Crippen LogP contribution is 2.27. The molecule has 116 valence electrons. The van der Waals surface area contributed by atoms with Crippen molar-refractivity contribution in [1.82, 2.24) is 5.32 Å². The standard InChI is InChI=1S/C14H19BrN2O4/c1-9(2)6-11(15)8-16-14(18)10-4-5-12(17(19)20)13(7-10)21-3/h4-5,7,9,11H,6,8H2,1-3H3,(H,16,18). The zero-order valence-electron chi connectivity index (χ0n) is 12.3. The number of halogens is 1. The van der Waals surface area contributed by atoms with E-state index < -0.39 is 4.92 Å². The number of amides is 1. The number of hydrogen-bond donors (Lipinski definition) is 1. The van der Waals surface area contributed by atoms with Crippen LogP contribution in [0.1, 0.15) is 30.6 Å². The Morgan fingerprint density at radius 2 is 2.14 bits per heavy atom. The highest BCUT2D eigenvalue weighted by atomic mass is 79.9. The molecular formula is C14H19BrN2O4. The van der Waals surface area contributed by atoms with Crippen LogP contribution in [0.3, 0.4) is 0 Å². The summed E-state index contributed by atoms with van der Waals surface area (Å²) in [4.78, 5) is 22.5. The van der Waals surface area contributed by atoms with Gasteiger partial charge in [0.1, 0.15) is 0 Å². The fourth-order valence-corrected chi connectivity index (χ4v) is 2.78. The van der Waals surface area contributed by atoms with Crippen LogP contribution >= 0.6 is 15.9 Å². The van der Waals surface area contributed by atoms with Gasteiger partial charge in [0, 0.05) is 29.1 Å². The molecular weight excluding hydrogens is 340 g/mol. The third-order valence-electron chi connectivity index (χ3n) is 2.85. The van der Waals surface area contributed by atoms with Crippen LogP contribution in [-0.4, -0.2) is 29.3 Å². The summed E-state index contributed by atoms with van der Waals surface area (Å²) in [5, 5.41) is 13.6. The van der Waals surface area contributed by atoms with Gasteiger partial charge in [0.05, 0.1) is 12.0 Å². The van der Waals surface area contributed by atoms with Gasteiger partial charge in [0.25, 0.3) is 5.91 Å². The Kier molecular flexibility index (Phi) is 6.61. The van der Waals surface area contributed by atoms with Crippen molar-refractivity contribution in [2.75, 3.05) is 13.7 Å². The van der Waals surface area contributed by atoms with E-state index in [1.54, 1.807) is 0 Å². The molecule has 0 spiro atoms. The maximum absolute atomic E-state index is 12.0. The molecule has 21 heavy (non-hydrogen) atoms. The number of methoxy groups -OCH3 is 1. The molecule has 1 atom stereocenters. The molecule has 7 heteroatoms. The van der Waals surface area contributed by atoms with Gasteiger partial charge in [-0.15, -0.1) is 0 Å². The van der Waals surface area contributed by atoms with E-state index in [-0.39, 0.29) is 22.2 Å². The second-order valence-electron chi connectivity index (χ2n) is 5.08. The Labute approximate surface area is 132 Å². The first-order chi connectivity index (χ1) is 9.85. The van der Waals surface area contributed by atoms with Crippen LogP contribution in [-0.2, 0) is 0 Å². The molecule has 0 bridgehead atoms. The summed E-state index contributed by atoms with van der Waals surface area (Å²) in [7, 11) is 1.33. The summed E-state index contributed by atoms with van der Waals surface area (Å²) in [5.41, 5.74) is 0.175. The lowest BCUT2D eigenvalue weighted by Crippen LogP contribution is -2.30. The van der Waals surface area contributed by atoms with Gasteiger partial charge in [-0.25, -0.2) is 0 Å². The number of carbonyl (C=O) groups excluding carboxylic acids is 1. The zero-order chi connectivity index (χ0) is 16.0. The Balaban J connectivity index is 2.73. The molecule has 0 saturated carbocycles. The third kappa shape index (κ3) is 5.34. The molecule has 1 rings (SSSR count). The van der Waals surface area contributed by atoms with E-state index in [1.165, 1.54) is 25.3 Å². The maximum Gasteiger partial charge on any atom is 0.310 e. The number of nitrogens with one attached hydrogen (secondary N) is 1. The third-order valence-corrected chi connectivity index (χ3v) is 3.55. The van der Waals surface area contributed by atoms with Crippen molar-refractivity contribution >= 4 is 27.5 Å². The minimum Gasteiger partial charge on any atom is -0.490 e. The van der Waals surface area contributed by atoms with Crippen molar-refractivity contribution in [1.29, 1.82) is 0 Å². The first kappa shape index (κ1) is 17.4. The topological polar surface area (TPSA) is 81.5 Å². The molecule has 0 radical (unpaired) electrons. The largest absolute Gasteiger partial charge is 0.490 e. The van der Waals surface area contributed by atoms with Crippen LogP contribution in [0.15, 0.2) is 18.2 Å². The molecule has 1 aromatic carbocycles. The van der Waals surface area contributed by atoms with Crippen LogP contribution in [0, 0.1) is 16.0 Å². The SMILES string of the molecule is COc1cc(C(=O)NCC(Br)CC(C)C)ccc1[N+](=O)[O-]. The summed E-state index contributed by atoms with van der Waals surface area (Å²) >= 11 is 3.51. The lowest BCUT2D eigenvalue weighted by Gasteiger charge is -2.13. The summed E-state index contributed by atoms with van der Waals surface area (Å²) in [6.45, 7) is 4.71. The minimum absolute atomic E-state index is 0.0743. The minimum atomic E-state index is -0.544. The van der Waals surface area contributed by atoms with Crippen LogP contribution in [0.4, 0.5) is 5.69 Å². The number of alkyl halides is 1. The van der Waals surface area contributed by atoms with Crippen molar-refractivity contribution in [2.24, 2.45) is 5.92 Å². The molecule has 0 heterocycles. The summed E-state index contributed by atoms with van der Waals surface area (Å²) in [6, 6.07) is 4.06. The van der Waals surface area contributed by atoms with E-state index in [0.29, 0.717) is 18.0 Å². The van der Waals surface area contributed by atoms with E-state index in [1.807, 2.05) is 0 Å². The Morgan fingerprint density at radius 3 is 2.67 bits per heavy atom. The highest BCUT2D eigenvalue weighted by Gasteiger charge is 2.18. The van der Waals surface area contributed by atoms with Crippen molar-refractivity contribution < 1.29 is 14.5 Å². The van der Waals surface area contributed by atoms with Gasteiger partial charge in [0.2, 0.25) is 0 Å². The Morgan fingerprint density at radius 1 is 1.48 bits per heavy atom. The Hall–Kier alpha value is -1.63. The normalized spacial score (nSPS) is 12.0. The number of nitro groups is 1. The first-order valence-electron chi connectivity index (χ1n) is 6.59. The van der Waals surface area contributed by atoms with E-state index >= 15 is 0 Å². The van der Waals surface area contributed by atoms with Gasteiger partial charge in [-0.05, 0) is 18.4 Å². The average Bonchev–Trinajstić information content (AvgIpc) is 2.43. The molecule has 0 saturated heterocycles. The van der Waals surface area contributed by atoms with Crippen LogP contribution in [0.5, 0.6) is 5.75 Å². The summed E-state index contributed by atoms with van der Waals surface area (Å²) < 4.78 is 4.94. The number of nitro benzene ring substituents is 1. The van der Waals surface area contributed by atoms with Crippen molar-refractivity contribution in [3.63, 3.8) is 0 Å². The predicted molar refractivity (Wildman–Crippen MR) is 84.2 cm³/mol. The number of hydrogen-bond acceptors (Lipinski definition) is 4. The van der Waals surface area contributed by atoms with Gasteiger partial charge in [-0.3, -0.25) is 14.9 Å². The molecule has 0 aliphatic heterocycles. The monoisotopic (exact) mass is 358 g/mol. The van der Waals surface area contributed by atoms with Gasteiger partial charge in [-0.1, -0.05) is 29.8 Å². The molecule has 6 nitrogen and oxygen atoms in total. The molecule has 0 fully saturated rings. The molecule has 0 aliphatic carbocycles. The number of rotatable bonds is 7. The van der Waals surface area contributed by atoms with Crippen molar-refractivity contribution in [2.45, 2.75) is 25.1 Å². The molecule has 1 N–H and O–H groups in total. The molecule has 0 aromatic heterocycles. The van der Waals surface area contributed by atoms with Gasteiger partial charge in [0.15, 0.2) is 5.75 Å². The molecule has 1 amide bonds. The van der Waals surface area contributed by atoms with Crippen molar-refractivity contribution in [3.8, 4) is 5.75 Å². The highest BCUT2D eigenvalue weighted by molar-refractivity contribution is 9.09. The van der Waals surface area contributed by atoms with E-state index in [9.17, 15) is 14.9 Å². The zero-order valence-corrected chi connectivity index (χ0v) is 13.8. The molecule has 1 aromatic rings. The van der Waals surface area contributed by atoms with Crippen LogP contribution in [0.2, 0.25) is 0 Å². The molecule has 1 unspecified atom stereocenters. The predicted octanol–water partition coefficient (Wildman–Crippen LogP) is 3.14. The first-order valence-corrected chi connectivity index (χ1v) is 7.51. The smallest absolute Gasteiger partial charge is 0.310 e. The summed E-state index contributed by atoms with van der Waals surface area (Å²) in [5.74, 6) is 0.326. The Bertz CT molecular complexity index is 520. The van der Waals surface area contributed by atoms with Gasteiger partial charge >= 0.3 is 5.69 Å². The maximum atomic E-state index is 12.0. The number of nitrogens with zero attached hydrogens (tertiary/aromatic N) is 1. The second-order valence-corrected chi connectivity index (χ2v) is 6.38. The van der Waals surface area contributed by atoms with Gasteiger partial charge in [-0.2, -0.15) is 0 Å². The van der Waals surface area contributed by atoms with Gasteiger partial charge < -0.3 is 10.1 Å². The fourth-order valence-electron chi connectivity index (χ4n) is 1.87. The second kappa shape index (κ2) is 7.97. The average molecular weight is 359 g/mol. The number of ether oxygens (including phenoxy) is 1. The van der Waals surface area contributed by atoms with E-state index in [2.05, 4.69) is 35.1 Å². The van der Waals surface area contributed by atoms with Crippen LogP contribution < -0.4 is 10.1 Å². The fraction of sp³-hybridized carbons (Fsp3) is 0.500. The quantitative estimate of drug-likeness (QED) is 0.461. The van der Waals surface area contributed by atoms with Crippen molar-refractivity contribution in [3.05, 3.63) is 33.9 Å². The lowest BCUT2D eigenvalue weighted by molar-refractivity contribution is -0.385. The number of benzene rings is 1. The van der Waals surface area contributed by atoms with Crippen LogP contribution in [0.25, 0.3) is 0 Å². The van der Waals surface area contributed by atoms with E-state index in [0.717, 1.165) is 6.42 Å². The number of carbonyl (C=O) groups is 1. The molecule has 0 aliphatic rings. The lowest BCUT2D eigenvalue weighted by atomic mass is 10.1. The summed E-state index contributed by atoms with van der Waals surface area (Å²) in [6.07, 6.45) is 0.948.